The highest BCUT2D eigenvalue weighted by Gasteiger charge is 2.43. The molecule has 26 heavy (non-hydrogen) atoms. The van der Waals surface area contributed by atoms with Gasteiger partial charge < -0.3 is 9.84 Å². The summed E-state index contributed by atoms with van der Waals surface area (Å²) in [7, 11) is 0. The zero-order chi connectivity index (χ0) is 18.3. The van der Waals surface area contributed by atoms with Crippen molar-refractivity contribution in [3.63, 3.8) is 0 Å². The van der Waals surface area contributed by atoms with Gasteiger partial charge in [0.2, 0.25) is 0 Å². The van der Waals surface area contributed by atoms with Crippen molar-refractivity contribution in [3.8, 4) is 0 Å². The van der Waals surface area contributed by atoms with Crippen molar-refractivity contribution < 1.29 is 19.0 Å². The Morgan fingerprint density at radius 2 is 2.08 bits per heavy atom. The molecule has 2 aromatic heterocycles. The highest BCUT2D eigenvalue weighted by atomic mass is 35.5. The number of fused-ring (bicyclic) bond motifs is 1. The molecule has 0 radical (unpaired) electrons. The van der Waals surface area contributed by atoms with Crippen LogP contribution in [0.2, 0.25) is 5.15 Å². The number of alkyl halides is 1. The van der Waals surface area contributed by atoms with Crippen LogP contribution in [0.15, 0.2) is 43.0 Å². The molecule has 0 spiro atoms. The van der Waals surface area contributed by atoms with Crippen LogP contribution in [0, 0.1) is 0 Å². The first-order chi connectivity index (χ1) is 12.6. The van der Waals surface area contributed by atoms with Gasteiger partial charge in [0.25, 0.3) is 0 Å². The van der Waals surface area contributed by atoms with Gasteiger partial charge in [-0.25, -0.2) is 19.3 Å². The number of hydrogen-bond acceptors (Lipinski definition) is 6. The van der Waals surface area contributed by atoms with E-state index < -0.39 is 30.4 Å². The fourth-order valence-electron chi connectivity index (χ4n) is 3.05. The van der Waals surface area contributed by atoms with Crippen LogP contribution in [0.4, 0.5) is 4.39 Å². The monoisotopic (exact) mass is 376 g/mol. The number of rotatable bonds is 4. The molecule has 0 saturated carbocycles. The van der Waals surface area contributed by atoms with Gasteiger partial charge >= 0.3 is 0 Å². The number of carbonyl (C=O) groups is 1. The fourth-order valence-corrected chi connectivity index (χ4v) is 3.23. The second-order valence-corrected chi connectivity index (χ2v) is 6.34. The number of nitrogens with zero attached hydrogens (tertiary/aromatic N) is 4. The van der Waals surface area contributed by atoms with Crippen molar-refractivity contribution in [2.75, 3.05) is 0 Å². The summed E-state index contributed by atoms with van der Waals surface area (Å²) in [6.45, 7) is 0. The SMILES string of the molecule is O=C(c1ccccc1)C(O)[C@@H]1C[C@@H](F)[C@H](n2cnc3c(Cl)ncnc32)O1. The van der Waals surface area contributed by atoms with Gasteiger partial charge in [0.15, 0.2) is 22.8 Å². The van der Waals surface area contributed by atoms with Crippen molar-refractivity contribution in [1.82, 2.24) is 19.5 Å². The summed E-state index contributed by atoms with van der Waals surface area (Å²) in [6, 6.07) is 8.33. The highest BCUT2D eigenvalue weighted by Crippen LogP contribution is 2.35. The Morgan fingerprint density at radius 3 is 2.85 bits per heavy atom. The maximum absolute atomic E-state index is 14.6. The van der Waals surface area contributed by atoms with E-state index in [2.05, 4.69) is 15.0 Å². The maximum atomic E-state index is 14.6. The molecule has 134 valence electrons. The average Bonchev–Trinajstić information content (AvgIpc) is 3.25. The summed E-state index contributed by atoms with van der Waals surface area (Å²) in [6.07, 6.45) is -2.46. The Bertz CT molecular complexity index is 952. The molecular weight excluding hydrogens is 363 g/mol. The van der Waals surface area contributed by atoms with Crippen LogP contribution in [-0.2, 0) is 4.74 Å². The van der Waals surface area contributed by atoms with Gasteiger partial charge in [0.05, 0.1) is 12.4 Å². The first-order valence-electron chi connectivity index (χ1n) is 7.96. The number of benzene rings is 1. The van der Waals surface area contributed by atoms with E-state index >= 15 is 0 Å². The van der Waals surface area contributed by atoms with Crippen molar-refractivity contribution in [2.24, 2.45) is 0 Å². The van der Waals surface area contributed by atoms with Crippen LogP contribution in [0.3, 0.4) is 0 Å². The lowest BCUT2D eigenvalue weighted by Crippen LogP contribution is -2.34. The molecule has 4 rings (SSSR count). The van der Waals surface area contributed by atoms with Gasteiger partial charge in [-0.05, 0) is 0 Å². The number of carbonyl (C=O) groups excluding carboxylic acids is 1. The van der Waals surface area contributed by atoms with E-state index in [-0.39, 0.29) is 11.6 Å². The lowest BCUT2D eigenvalue weighted by atomic mass is 10.0. The van der Waals surface area contributed by atoms with Gasteiger partial charge in [0, 0.05) is 12.0 Å². The Labute approximate surface area is 152 Å². The zero-order valence-corrected chi connectivity index (χ0v) is 14.1. The zero-order valence-electron chi connectivity index (χ0n) is 13.4. The number of aromatic nitrogens is 4. The second-order valence-electron chi connectivity index (χ2n) is 5.98. The molecule has 1 aliphatic rings. The van der Waals surface area contributed by atoms with E-state index in [0.29, 0.717) is 16.7 Å². The third kappa shape index (κ3) is 2.86. The van der Waals surface area contributed by atoms with Gasteiger partial charge in [-0.15, -0.1) is 0 Å². The fraction of sp³-hybridized carbons (Fsp3) is 0.294. The molecule has 7 nitrogen and oxygen atoms in total. The molecule has 0 amide bonds. The summed E-state index contributed by atoms with van der Waals surface area (Å²) >= 11 is 5.96. The second kappa shape index (κ2) is 6.71. The average molecular weight is 377 g/mol. The number of ketones is 1. The Kier molecular flexibility index (Phi) is 4.39. The van der Waals surface area contributed by atoms with Crippen molar-refractivity contribution in [2.45, 2.75) is 31.0 Å². The van der Waals surface area contributed by atoms with E-state index in [1.54, 1.807) is 30.3 Å². The molecule has 0 bridgehead atoms. The number of aliphatic hydroxyl groups excluding tert-OH is 1. The van der Waals surface area contributed by atoms with Gasteiger partial charge in [0.1, 0.15) is 24.1 Å². The number of imidazole rings is 1. The smallest absolute Gasteiger partial charge is 0.193 e. The highest BCUT2D eigenvalue weighted by molar-refractivity contribution is 6.33. The van der Waals surface area contributed by atoms with Crippen molar-refractivity contribution in [3.05, 3.63) is 53.7 Å². The molecule has 3 heterocycles. The van der Waals surface area contributed by atoms with Crippen LogP contribution in [0.25, 0.3) is 11.2 Å². The predicted octanol–water partition coefficient (Wildman–Crippen LogP) is 2.35. The Morgan fingerprint density at radius 1 is 1.31 bits per heavy atom. The van der Waals surface area contributed by atoms with Crippen LogP contribution in [0.5, 0.6) is 0 Å². The van der Waals surface area contributed by atoms with E-state index in [4.69, 9.17) is 16.3 Å². The van der Waals surface area contributed by atoms with Crippen LogP contribution in [0.1, 0.15) is 23.0 Å². The van der Waals surface area contributed by atoms with Crippen LogP contribution >= 0.6 is 11.6 Å². The first kappa shape index (κ1) is 17.0. The standard InChI is InChI=1S/C17H14ClFN4O3/c18-15-12-16(21-7-20-15)23(8-22-12)17-10(19)6-11(26-17)14(25)13(24)9-4-2-1-3-5-9/h1-5,7-8,10-11,14,17,25H,6H2/t10-,11+,14?,17-/m1/s1. The number of hydrogen-bond donors (Lipinski definition) is 1. The lowest BCUT2D eigenvalue weighted by Gasteiger charge is -2.19. The third-order valence-electron chi connectivity index (χ3n) is 4.35. The molecule has 0 aliphatic carbocycles. The molecule has 1 aliphatic heterocycles. The van der Waals surface area contributed by atoms with E-state index in [9.17, 15) is 14.3 Å². The van der Waals surface area contributed by atoms with E-state index in [0.717, 1.165) is 0 Å². The number of Topliss-reactive ketones (excluding diaryl/α,β-unsaturated/α-hetero) is 1. The first-order valence-corrected chi connectivity index (χ1v) is 8.34. The number of aliphatic hydroxyl groups is 1. The molecule has 4 atom stereocenters. The lowest BCUT2D eigenvalue weighted by molar-refractivity contribution is -0.0566. The molecule has 1 saturated heterocycles. The summed E-state index contributed by atoms with van der Waals surface area (Å²) in [5, 5.41) is 10.5. The molecule has 1 unspecified atom stereocenters. The van der Waals surface area contributed by atoms with Crippen molar-refractivity contribution >= 4 is 28.5 Å². The van der Waals surface area contributed by atoms with E-state index in [1.807, 2.05) is 0 Å². The van der Waals surface area contributed by atoms with Gasteiger partial charge in [-0.1, -0.05) is 41.9 Å². The normalized spacial score (nSPS) is 24.0. The number of halogens is 2. The molecule has 1 fully saturated rings. The minimum atomic E-state index is -1.46. The quantitative estimate of drug-likeness (QED) is 0.555. The molecule has 1 N–H and O–H groups in total. The summed E-state index contributed by atoms with van der Waals surface area (Å²) < 4.78 is 21.6. The van der Waals surface area contributed by atoms with Gasteiger partial charge in [-0.3, -0.25) is 9.36 Å². The Balaban J connectivity index is 1.58. The van der Waals surface area contributed by atoms with Crippen molar-refractivity contribution in [1.29, 1.82) is 0 Å². The van der Waals surface area contributed by atoms with Gasteiger partial charge in [-0.2, -0.15) is 0 Å². The topological polar surface area (TPSA) is 90.1 Å². The third-order valence-corrected chi connectivity index (χ3v) is 4.63. The van der Waals surface area contributed by atoms with Crippen LogP contribution < -0.4 is 0 Å². The van der Waals surface area contributed by atoms with E-state index in [1.165, 1.54) is 17.2 Å². The maximum Gasteiger partial charge on any atom is 0.193 e. The Hall–Kier alpha value is -2.42. The largest absolute Gasteiger partial charge is 0.382 e. The molecular formula is C17H14ClFN4O3. The minimum absolute atomic E-state index is 0.122. The molecule has 9 heteroatoms. The summed E-state index contributed by atoms with van der Waals surface area (Å²) in [5.41, 5.74) is 0.992. The summed E-state index contributed by atoms with van der Waals surface area (Å²) in [5.74, 6) is -0.510. The predicted molar refractivity (Wildman–Crippen MR) is 90.5 cm³/mol. The molecule has 1 aromatic carbocycles. The summed E-state index contributed by atoms with van der Waals surface area (Å²) in [4.78, 5) is 24.3. The van der Waals surface area contributed by atoms with Crippen LogP contribution in [-0.4, -0.2) is 48.8 Å². The number of ether oxygens (including phenoxy) is 1. The minimum Gasteiger partial charge on any atom is -0.382 e. The molecule has 3 aromatic rings.